The fourth-order valence-electron chi connectivity index (χ4n) is 2.13. The average molecular weight is 332 g/mol. The Morgan fingerprint density at radius 1 is 1.17 bits per heavy atom. The number of benzene rings is 2. The lowest BCUT2D eigenvalue weighted by molar-refractivity contribution is -0.117. The van der Waals surface area contributed by atoms with Crippen molar-refractivity contribution in [3.63, 3.8) is 0 Å². The van der Waals surface area contributed by atoms with Crippen molar-refractivity contribution in [2.75, 3.05) is 5.32 Å². The van der Waals surface area contributed by atoms with Gasteiger partial charge in [-0.3, -0.25) is 4.79 Å². The fourth-order valence-corrected chi connectivity index (χ4v) is 2.31. The topological polar surface area (TPSA) is 84.2 Å². The first kappa shape index (κ1) is 16.8. The lowest BCUT2D eigenvalue weighted by Gasteiger charge is -2.17. The van der Waals surface area contributed by atoms with E-state index in [2.05, 4.69) is 10.6 Å². The van der Waals surface area contributed by atoms with E-state index >= 15 is 0 Å². The van der Waals surface area contributed by atoms with Crippen LogP contribution in [0.4, 0.5) is 10.5 Å². The number of amides is 3. The van der Waals surface area contributed by atoms with E-state index in [1.54, 1.807) is 12.1 Å². The van der Waals surface area contributed by atoms with Gasteiger partial charge in [0, 0.05) is 17.1 Å². The molecule has 0 saturated carbocycles. The zero-order valence-electron chi connectivity index (χ0n) is 12.7. The number of anilines is 1. The maximum absolute atomic E-state index is 12.4. The Hall–Kier alpha value is -2.53. The summed E-state index contributed by atoms with van der Waals surface area (Å²) >= 11 is 6.05. The van der Waals surface area contributed by atoms with Gasteiger partial charge in [-0.2, -0.15) is 0 Å². The number of nitrogens with two attached hydrogens (primary N) is 1. The molecule has 23 heavy (non-hydrogen) atoms. The van der Waals surface area contributed by atoms with Crippen molar-refractivity contribution in [1.29, 1.82) is 0 Å². The van der Waals surface area contributed by atoms with Crippen LogP contribution in [0.5, 0.6) is 0 Å². The molecule has 1 atom stereocenters. The molecule has 0 heterocycles. The minimum absolute atomic E-state index is 0.342. The molecular weight excluding hydrogens is 314 g/mol. The summed E-state index contributed by atoms with van der Waals surface area (Å²) in [5, 5.41) is 5.77. The molecule has 4 N–H and O–H groups in total. The molecular formula is C17H18ClN3O2. The second-order valence-electron chi connectivity index (χ2n) is 5.20. The van der Waals surface area contributed by atoms with Crippen molar-refractivity contribution in [1.82, 2.24) is 5.32 Å². The molecule has 0 saturated heterocycles. The van der Waals surface area contributed by atoms with Crippen molar-refractivity contribution in [2.45, 2.75) is 19.4 Å². The van der Waals surface area contributed by atoms with Crippen LogP contribution in [-0.2, 0) is 11.2 Å². The van der Waals surface area contributed by atoms with Crippen LogP contribution < -0.4 is 16.4 Å². The number of carbonyl (C=O) groups excluding carboxylic acids is 2. The number of rotatable bonds is 5. The minimum Gasteiger partial charge on any atom is -0.352 e. The zero-order valence-corrected chi connectivity index (χ0v) is 13.4. The molecule has 5 nitrogen and oxygen atoms in total. The molecule has 6 heteroatoms. The maximum atomic E-state index is 12.4. The third kappa shape index (κ3) is 5.00. The Kier molecular flexibility index (Phi) is 5.60. The number of hydrogen-bond acceptors (Lipinski definition) is 2. The first-order valence-electron chi connectivity index (χ1n) is 7.12. The number of aryl methyl sites for hydroxylation is 1. The highest BCUT2D eigenvalue weighted by atomic mass is 35.5. The third-order valence-electron chi connectivity index (χ3n) is 3.36. The largest absolute Gasteiger partial charge is 0.352 e. The summed E-state index contributed by atoms with van der Waals surface area (Å²) in [6.45, 7) is 1.88. The minimum atomic E-state index is -0.769. The fraction of sp³-hybridized carbons (Fsp3) is 0.176. The molecule has 0 aromatic heterocycles. The van der Waals surface area contributed by atoms with Gasteiger partial charge in [-0.1, -0.05) is 48.0 Å². The van der Waals surface area contributed by atoms with Crippen LogP contribution in [0.3, 0.4) is 0 Å². The summed E-state index contributed by atoms with van der Waals surface area (Å²) in [7, 11) is 0. The molecule has 1 unspecified atom stereocenters. The van der Waals surface area contributed by atoms with Gasteiger partial charge in [0.1, 0.15) is 6.04 Å². The third-order valence-corrected chi connectivity index (χ3v) is 3.76. The number of primary amides is 1. The highest BCUT2D eigenvalue weighted by molar-refractivity contribution is 6.31. The van der Waals surface area contributed by atoms with Crippen molar-refractivity contribution in [3.8, 4) is 0 Å². The van der Waals surface area contributed by atoms with Crippen LogP contribution in [0.1, 0.15) is 11.1 Å². The molecule has 2 aromatic carbocycles. The Labute approximate surface area is 139 Å². The Morgan fingerprint density at radius 3 is 2.48 bits per heavy atom. The highest BCUT2D eigenvalue weighted by Gasteiger charge is 2.20. The van der Waals surface area contributed by atoms with Crippen LogP contribution in [0.15, 0.2) is 48.5 Å². The van der Waals surface area contributed by atoms with Crippen molar-refractivity contribution >= 4 is 29.2 Å². The summed E-state index contributed by atoms with van der Waals surface area (Å²) in [5.41, 5.74) is 7.57. The van der Waals surface area contributed by atoms with Gasteiger partial charge in [0.15, 0.2) is 0 Å². The second kappa shape index (κ2) is 7.65. The molecule has 2 aromatic rings. The van der Waals surface area contributed by atoms with E-state index in [0.717, 1.165) is 11.1 Å². The quantitative estimate of drug-likeness (QED) is 0.787. The van der Waals surface area contributed by atoms with E-state index in [1.807, 2.05) is 43.3 Å². The Balaban J connectivity index is 2.12. The van der Waals surface area contributed by atoms with Gasteiger partial charge in [-0.05, 0) is 30.2 Å². The van der Waals surface area contributed by atoms with Gasteiger partial charge in [0.25, 0.3) is 0 Å². The van der Waals surface area contributed by atoms with Crippen molar-refractivity contribution < 1.29 is 9.59 Å². The molecule has 0 aliphatic rings. The van der Waals surface area contributed by atoms with Crippen molar-refractivity contribution in [2.24, 2.45) is 5.73 Å². The van der Waals surface area contributed by atoms with E-state index in [0.29, 0.717) is 17.1 Å². The predicted octanol–water partition coefficient (Wildman–Crippen LogP) is 2.87. The SMILES string of the molecule is Cc1ccc(NC(=O)C(Cc2ccccc2)NC(N)=O)cc1Cl. The summed E-state index contributed by atoms with van der Waals surface area (Å²) < 4.78 is 0. The van der Waals surface area contributed by atoms with Crippen LogP contribution in [0, 0.1) is 6.92 Å². The van der Waals surface area contributed by atoms with Gasteiger partial charge >= 0.3 is 6.03 Å². The van der Waals surface area contributed by atoms with Crippen molar-refractivity contribution in [3.05, 3.63) is 64.7 Å². The van der Waals surface area contributed by atoms with Gasteiger partial charge in [-0.15, -0.1) is 0 Å². The van der Waals surface area contributed by atoms with E-state index in [4.69, 9.17) is 17.3 Å². The molecule has 0 aliphatic carbocycles. The Bertz CT molecular complexity index is 704. The summed E-state index contributed by atoms with van der Waals surface area (Å²) in [4.78, 5) is 23.6. The average Bonchev–Trinajstić information content (AvgIpc) is 2.51. The Morgan fingerprint density at radius 2 is 1.87 bits per heavy atom. The molecule has 0 radical (unpaired) electrons. The molecule has 0 fully saturated rings. The molecule has 2 rings (SSSR count). The summed E-state index contributed by atoms with van der Waals surface area (Å²) in [6.07, 6.45) is 0.342. The van der Waals surface area contributed by atoms with Gasteiger partial charge in [0.05, 0.1) is 0 Å². The van der Waals surface area contributed by atoms with Gasteiger partial charge in [0.2, 0.25) is 5.91 Å². The summed E-state index contributed by atoms with van der Waals surface area (Å²) in [6, 6.07) is 13.1. The molecule has 0 bridgehead atoms. The molecule has 0 spiro atoms. The number of hydrogen-bond donors (Lipinski definition) is 3. The van der Waals surface area contributed by atoms with Crippen LogP contribution in [-0.4, -0.2) is 18.0 Å². The first-order valence-corrected chi connectivity index (χ1v) is 7.50. The zero-order chi connectivity index (χ0) is 16.8. The molecule has 3 amide bonds. The van der Waals surface area contributed by atoms with Crippen LogP contribution in [0.2, 0.25) is 5.02 Å². The van der Waals surface area contributed by atoms with E-state index in [-0.39, 0.29) is 5.91 Å². The monoisotopic (exact) mass is 331 g/mol. The lowest BCUT2D eigenvalue weighted by Crippen LogP contribution is -2.47. The normalized spacial score (nSPS) is 11.6. The number of nitrogens with one attached hydrogen (secondary N) is 2. The predicted molar refractivity (Wildman–Crippen MR) is 91.5 cm³/mol. The number of halogens is 1. The lowest BCUT2D eigenvalue weighted by atomic mass is 10.1. The van der Waals surface area contributed by atoms with Crippen LogP contribution in [0.25, 0.3) is 0 Å². The van der Waals surface area contributed by atoms with E-state index in [1.165, 1.54) is 0 Å². The first-order chi connectivity index (χ1) is 11.0. The smallest absolute Gasteiger partial charge is 0.312 e. The number of carbonyl (C=O) groups is 2. The van der Waals surface area contributed by atoms with E-state index < -0.39 is 12.1 Å². The standard InChI is InChI=1S/C17H18ClN3O2/c1-11-7-8-13(10-14(11)18)20-16(22)15(21-17(19)23)9-12-5-3-2-4-6-12/h2-8,10,15H,9H2,1H3,(H,20,22)(H3,19,21,23). The molecule has 120 valence electrons. The van der Waals surface area contributed by atoms with Crippen LogP contribution >= 0.6 is 11.6 Å². The molecule has 0 aliphatic heterocycles. The highest BCUT2D eigenvalue weighted by Crippen LogP contribution is 2.20. The maximum Gasteiger partial charge on any atom is 0.312 e. The second-order valence-corrected chi connectivity index (χ2v) is 5.61. The summed E-state index contributed by atoms with van der Waals surface area (Å²) in [5.74, 6) is -0.354. The van der Waals surface area contributed by atoms with E-state index in [9.17, 15) is 9.59 Å². The van der Waals surface area contributed by atoms with Gasteiger partial charge < -0.3 is 16.4 Å². The number of urea groups is 1. The van der Waals surface area contributed by atoms with Gasteiger partial charge in [-0.25, -0.2) is 4.79 Å².